The second kappa shape index (κ2) is 8.89. The molecule has 2 aromatic heterocycles. The number of aromatic nitrogens is 7. The number of benzene rings is 1. The average Bonchev–Trinajstić information content (AvgIpc) is 3.38. The van der Waals surface area contributed by atoms with Crippen molar-refractivity contribution >= 4 is 24.0 Å². The quantitative estimate of drug-likeness (QED) is 0.663. The van der Waals surface area contributed by atoms with Crippen LogP contribution >= 0.6 is 12.4 Å². The summed E-state index contributed by atoms with van der Waals surface area (Å²) in [6, 6.07) is 7.70. The van der Waals surface area contributed by atoms with Crippen molar-refractivity contribution in [1.82, 2.24) is 40.5 Å². The molecule has 0 bridgehead atoms. The molecule has 0 unspecified atom stereocenters. The van der Waals surface area contributed by atoms with Crippen molar-refractivity contribution < 1.29 is 4.79 Å². The molecule has 1 fully saturated rings. The van der Waals surface area contributed by atoms with Gasteiger partial charge < -0.3 is 10.6 Å². The van der Waals surface area contributed by atoms with Crippen LogP contribution in [-0.2, 0) is 6.54 Å². The van der Waals surface area contributed by atoms with E-state index >= 15 is 0 Å². The van der Waals surface area contributed by atoms with E-state index < -0.39 is 0 Å². The SMILES string of the molecule is CCn1nnnc1-c1cccc(NC(=O)c2cn(C3CCNCC3)nn2)c1.Cl. The lowest BCUT2D eigenvalue weighted by atomic mass is 10.1. The predicted octanol–water partition coefficient (Wildman–Crippen LogP) is 1.55. The molecule has 1 saturated heterocycles. The fraction of sp³-hybridized carbons (Fsp3) is 0.412. The number of aryl methyl sites for hydroxylation is 1. The first-order valence-electron chi connectivity index (χ1n) is 9.05. The summed E-state index contributed by atoms with van der Waals surface area (Å²) in [6.45, 7) is 4.54. The molecule has 4 rings (SSSR count). The second-order valence-corrected chi connectivity index (χ2v) is 6.42. The molecule has 1 amide bonds. The van der Waals surface area contributed by atoms with Crippen LogP contribution in [-0.4, -0.2) is 54.2 Å². The number of halogens is 1. The largest absolute Gasteiger partial charge is 0.321 e. The summed E-state index contributed by atoms with van der Waals surface area (Å²) in [5.41, 5.74) is 1.79. The van der Waals surface area contributed by atoms with Crippen LogP contribution < -0.4 is 10.6 Å². The van der Waals surface area contributed by atoms with Crippen LogP contribution in [0.25, 0.3) is 11.4 Å². The molecule has 3 aromatic rings. The van der Waals surface area contributed by atoms with Gasteiger partial charge in [0, 0.05) is 17.8 Å². The Kier molecular flexibility index (Phi) is 6.32. The van der Waals surface area contributed by atoms with Crippen molar-refractivity contribution in [3.63, 3.8) is 0 Å². The van der Waals surface area contributed by atoms with E-state index in [2.05, 4.69) is 36.5 Å². The third-order valence-corrected chi connectivity index (χ3v) is 4.64. The van der Waals surface area contributed by atoms with Gasteiger partial charge in [0.25, 0.3) is 5.91 Å². The number of tetrazole rings is 1. The zero-order chi connectivity index (χ0) is 18.6. The number of carbonyl (C=O) groups is 1. The summed E-state index contributed by atoms with van der Waals surface area (Å²) < 4.78 is 3.49. The molecular weight excluding hydrogens is 382 g/mol. The first kappa shape index (κ1) is 19.9. The van der Waals surface area contributed by atoms with E-state index in [1.54, 1.807) is 15.6 Å². The lowest BCUT2D eigenvalue weighted by molar-refractivity contribution is 0.102. The van der Waals surface area contributed by atoms with E-state index in [4.69, 9.17) is 0 Å². The van der Waals surface area contributed by atoms with E-state index in [0.29, 0.717) is 23.8 Å². The fourth-order valence-corrected chi connectivity index (χ4v) is 3.19. The summed E-state index contributed by atoms with van der Waals surface area (Å²) >= 11 is 0. The molecular formula is C17H22ClN9O. The number of nitrogens with zero attached hydrogens (tertiary/aromatic N) is 7. The van der Waals surface area contributed by atoms with Gasteiger partial charge in [-0.2, -0.15) is 0 Å². The Morgan fingerprint density at radius 1 is 1.25 bits per heavy atom. The highest BCUT2D eigenvalue weighted by Gasteiger charge is 2.19. The van der Waals surface area contributed by atoms with E-state index in [1.807, 2.05) is 31.2 Å². The van der Waals surface area contributed by atoms with Gasteiger partial charge >= 0.3 is 0 Å². The van der Waals surface area contributed by atoms with E-state index in [0.717, 1.165) is 31.5 Å². The fourth-order valence-electron chi connectivity index (χ4n) is 3.19. The number of carbonyl (C=O) groups excluding carboxylic acids is 1. The van der Waals surface area contributed by atoms with Crippen molar-refractivity contribution in [3.05, 3.63) is 36.2 Å². The van der Waals surface area contributed by atoms with E-state index in [-0.39, 0.29) is 24.4 Å². The Morgan fingerprint density at radius 3 is 2.86 bits per heavy atom. The molecule has 0 radical (unpaired) electrons. The molecule has 0 atom stereocenters. The highest BCUT2D eigenvalue weighted by Crippen LogP contribution is 2.21. The minimum atomic E-state index is -0.289. The number of anilines is 1. The van der Waals surface area contributed by atoms with Crippen molar-refractivity contribution in [3.8, 4) is 11.4 Å². The molecule has 0 spiro atoms. The summed E-state index contributed by atoms with van der Waals surface area (Å²) in [6.07, 6.45) is 3.68. The highest BCUT2D eigenvalue weighted by molar-refractivity contribution is 6.02. The molecule has 0 aliphatic carbocycles. The molecule has 2 N–H and O–H groups in total. The van der Waals surface area contributed by atoms with Crippen molar-refractivity contribution in [2.24, 2.45) is 0 Å². The number of amides is 1. The molecule has 1 aliphatic heterocycles. The maximum absolute atomic E-state index is 12.5. The third kappa shape index (κ3) is 4.18. The number of piperidine rings is 1. The van der Waals surface area contributed by atoms with Gasteiger partial charge in [0.2, 0.25) is 0 Å². The normalized spacial score (nSPS) is 14.5. The molecule has 1 aromatic carbocycles. The van der Waals surface area contributed by atoms with E-state index in [9.17, 15) is 4.79 Å². The van der Waals surface area contributed by atoms with Crippen molar-refractivity contribution in [1.29, 1.82) is 0 Å². The maximum atomic E-state index is 12.5. The van der Waals surface area contributed by atoms with Gasteiger partial charge in [-0.05, 0) is 55.4 Å². The van der Waals surface area contributed by atoms with E-state index in [1.165, 1.54) is 0 Å². The summed E-state index contributed by atoms with van der Waals surface area (Å²) in [5, 5.41) is 26.0. The van der Waals surface area contributed by atoms with Crippen LogP contribution in [0.15, 0.2) is 30.5 Å². The van der Waals surface area contributed by atoms with Crippen molar-refractivity contribution in [2.45, 2.75) is 32.4 Å². The molecule has 1 aliphatic rings. The number of rotatable bonds is 5. The zero-order valence-corrected chi connectivity index (χ0v) is 16.3. The first-order chi connectivity index (χ1) is 13.2. The zero-order valence-electron chi connectivity index (χ0n) is 15.4. The van der Waals surface area contributed by atoms with Gasteiger partial charge in [0.15, 0.2) is 11.5 Å². The molecule has 148 valence electrons. The van der Waals surface area contributed by atoms with Gasteiger partial charge in [-0.1, -0.05) is 17.3 Å². The monoisotopic (exact) mass is 403 g/mol. The Morgan fingerprint density at radius 2 is 2.07 bits per heavy atom. The molecule has 3 heterocycles. The third-order valence-electron chi connectivity index (χ3n) is 4.64. The average molecular weight is 404 g/mol. The van der Waals surface area contributed by atoms with Crippen LogP contribution in [0.1, 0.15) is 36.3 Å². The first-order valence-corrected chi connectivity index (χ1v) is 9.05. The smallest absolute Gasteiger partial charge is 0.277 e. The van der Waals surface area contributed by atoms with Crippen LogP contribution in [0.4, 0.5) is 5.69 Å². The summed E-state index contributed by atoms with van der Waals surface area (Å²) in [4.78, 5) is 12.5. The van der Waals surface area contributed by atoms with Gasteiger partial charge in [0.05, 0.1) is 12.2 Å². The highest BCUT2D eigenvalue weighted by atomic mass is 35.5. The molecule has 28 heavy (non-hydrogen) atoms. The lowest BCUT2D eigenvalue weighted by Crippen LogP contribution is -2.29. The summed E-state index contributed by atoms with van der Waals surface area (Å²) in [7, 11) is 0. The molecule has 0 saturated carbocycles. The lowest BCUT2D eigenvalue weighted by Gasteiger charge is -2.22. The van der Waals surface area contributed by atoms with Gasteiger partial charge in [-0.3, -0.25) is 4.79 Å². The van der Waals surface area contributed by atoms with Crippen LogP contribution in [0.3, 0.4) is 0 Å². The Labute approximate surface area is 168 Å². The molecule has 10 nitrogen and oxygen atoms in total. The Balaban J connectivity index is 0.00000225. The Bertz CT molecular complexity index is 932. The number of hydrogen-bond donors (Lipinski definition) is 2. The maximum Gasteiger partial charge on any atom is 0.277 e. The standard InChI is InChI=1S/C17H21N9O.ClH/c1-2-25-16(21-22-24-25)12-4-3-5-13(10-12)19-17(27)15-11-26(23-20-15)14-6-8-18-9-7-14;/h3-5,10-11,14,18H,2,6-9H2,1H3,(H,19,27);1H. The second-order valence-electron chi connectivity index (χ2n) is 6.42. The van der Waals surface area contributed by atoms with Crippen molar-refractivity contribution in [2.75, 3.05) is 18.4 Å². The van der Waals surface area contributed by atoms with Gasteiger partial charge in [-0.25, -0.2) is 9.36 Å². The summed E-state index contributed by atoms with van der Waals surface area (Å²) in [5.74, 6) is 0.368. The Hall–Kier alpha value is -2.85. The van der Waals surface area contributed by atoms with Crippen LogP contribution in [0.2, 0.25) is 0 Å². The van der Waals surface area contributed by atoms with Crippen LogP contribution in [0.5, 0.6) is 0 Å². The number of hydrogen-bond acceptors (Lipinski definition) is 7. The van der Waals surface area contributed by atoms with Gasteiger partial charge in [-0.15, -0.1) is 22.6 Å². The number of nitrogens with one attached hydrogen (secondary N) is 2. The molecule has 11 heteroatoms. The predicted molar refractivity (Wildman–Crippen MR) is 105 cm³/mol. The minimum absolute atomic E-state index is 0. The van der Waals surface area contributed by atoms with Gasteiger partial charge in [0.1, 0.15) is 0 Å². The minimum Gasteiger partial charge on any atom is -0.321 e. The van der Waals surface area contributed by atoms with Crippen LogP contribution in [0, 0.1) is 0 Å². The topological polar surface area (TPSA) is 115 Å².